The summed E-state index contributed by atoms with van der Waals surface area (Å²) in [5, 5.41) is 16.5. The summed E-state index contributed by atoms with van der Waals surface area (Å²) < 4.78 is 29.5. The van der Waals surface area contributed by atoms with Crippen LogP contribution in [0.25, 0.3) is 16.9 Å². The number of rotatable bonds is 8. The zero-order valence-corrected chi connectivity index (χ0v) is 21.3. The zero-order chi connectivity index (χ0) is 27.7. The van der Waals surface area contributed by atoms with Crippen LogP contribution in [0, 0.1) is 23.5 Å². The molecule has 0 saturated heterocycles. The number of aliphatic hydroxyl groups excluding tert-OH is 1. The molecule has 4 aromatic rings. The molecule has 8 nitrogen and oxygen atoms in total. The predicted molar refractivity (Wildman–Crippen MR) is 143 cm³/mol. The summed E-state index contributed by atoms with van der Waals surface area (Å²) in [7, 11) is 0. The van der Waals surface area contributed by atoms with E-state index in [0.29, 0.717) is 18.2 Å². The van der Waals surface area contributed by atoms with Crippen molar-refractivity contribution in [3.63, 3.8) is 0 Å². The van der Waals surface area contributed by atoms with Gasteiger partial charge in [-0.2, -0.15) is 5.10 Å². The summed E-state index contributed by atoms with van der Waals surface area (Å²) in [6.07, 6.45) is 1.87. The summed E-state index contributed by atoms with van der Waals surface area (Å²) in [5.74, 6) is -2.58. The number of nitrogen functional groups attached to an aromatic ring is 1. The summed E-state index contributed by atoms with van der Waals surface area (Å²) in [6.45, 7) is 0.116. The summed E-state index contributed by atoms with van der Waals surface area (Å²) in [4.78, 5) is 30.1. The third-order valence-electron chi connectivity index (χ3n) is 6.74. The van der Waals surface area contributed by atoms with Crippen LogP contribution in [0.5, 0.6) is 0 Å². The van der Waals surface area contributed by atoms with Gasteiger partial charge in [-0.25, -0.2) is 18.4 Å². The van der Waals surface area contributed by atoms with Crippen molar-refractivity contribution in [2.75, 3.05) is 17.7 Å². The fraction of sp³-hybridized carbons (Fsp3) is 0.214. The van der Waals surface area contributed by atoms with Crippen LogP contribution in [0.3, 0.4) is 0 Å². The van der Waals surface area contributed by atoms with Gasteiger partial charge in [0.2, 0.25) is 0 Å². The second-order valence-corrected chi connectivity index (χ2v) is 9.92. The second-order valence-electron chi connectivity index (χ2n) is 9.51. The number of hydrogen-bond donors (Lipinski definition) is 3. The van der Waals surface area contributed by atoms with Gasteiger partial charge in [0.15, 0.2) is 23.2 Å². The molecule has 1 amide bonds. The molecule has 4 N–H and O–H groups in total. The van der Waals surface area contributed by atoms with Crippen LogP contribution in [0.1, 0.15) is 40.1 Å². The second kappa shape index (κ2) is 10.9. The largest absolute Gasteiger partial charge is 0.396 e. The van der Waals surface area contributed by atoms with Crippen LogP contribution in [-0.2, 0) is 0 Å². The van der Waals surface area contributed by atoms with Crippen molar-refractivity contribution >= 4 is 34.9 Å². The molecule has 0 unspecified atom stereocenters. The van der Waals surface area contributed by atoms with Gasteiger partial charge in [0.05, 0.1) is 16.3 Å². The van der Waals surface area contributed by atoms with Crippen LogP contribution in [0.4, 0.5) is 20.4 Å². The van der Waals surface area contributed by atoms with Crippen molar-refractivity contribution in [3.8, 4) is 16.9 Å². The van der Waals surface area contributed by atoms with Gasteiger partial charge >= 0.3 is 0 Å². The Bertz CT molecular complexity index is 1550. The van der Waals surface area contributed by atoms with Crippen molar-refractivity contribution in [2.45, 2.75) is 19.3 Å². The molecule has 2 aromatic heterocycles. The number of nitrogens with zero attached hydrogens (tertiary/aromatic N) is 3. The number of hydrogen-bond acceptors (Lipinski definition) is 6. The molecule has 1 aliphatic carbocycles. The average molecular weight is 552 g/mol. The quantitative estimate of drug-likeness (QED) is 0.256. The number of carbonyl (C=O) groups is 2. The van der Waals surface area contributed by atoms with E-state index in [1.54, 1.807) is 24.3 Å². The molecule has 2 heterocycles. The van der Waals surface area contributed by atoms with Gasteiger partial charge in [-0.05, 0) is 48.9 Å². The molecule has 0 bridgehead atoms. The lowest BCUT2D eigenvalue weighted by atomic mass is 9.73. The maximum absolute atomic E-state index is 14.4. The minimum Gasteiger partial charge on any atom is -0.396 e. The molecule has 1 saturated carbocycles. The highest BCUT2D eigenvalue weighted by molar-refractivity contribution is 6.34. The summed E-state index contributed by atoms with van der Waals surface area (Å²) in [6, 6.07) is 15.2. The van der Waals surface area contributed by atoms with Gasteiger partial charge in [-0.15, -0.1) is 0 Å². The molecule has 0 spiro atoms. The number of ketones is 1. The van der Waals surface area contributed by atoms with Crippen molar-refractivity contribution in [1.29, 1.82) is 0 Å². The van der Waals surface area contributed by atoms with Crippen molar-refractivity contribution in [3.05, 3.63) is 88.6 Å². The third kappa shape index (κ3) is 5.52. The lowest BCUT2D eigenvalue weighted by molar-refractivity contribution is 0.0783. The monoisotopic (exact) mass is 551 g/mol. The molecule has 0 radical (unpaired) electrons. The van der Waals surface area contributed by atoms with E-state index in [4.69, 9.17) is 17.3 Å². The van der Waals surface area contributed by atoms with Crippen LogP contribution in [0.15, 0.2) is 60.7 Å². The number of pyridine rings is 1. The molecule has 0 atom stereocenters. The minimum atomic E-state index is -0.992. The lowest BCUT2D eigenvalue weighted by Crippen LogP contribution is -2.28. The smallest absolute Gasteiger partial charge is 0.258 e. The van der Waals surface area contributed by atoms with Crippen LogP contribution in [-0.4, -0.2) is 38.2 Å². The Balaban J connectivity index is 1.44. The molecule has 200 valence electrons. The fourth-order valence-electron chi connectivity index (χ4n) is 4.64. The molecule has 0 aliphatic heterocycles. The number of nitrogens with one attached hydrogen (secondary N) is 1. The first kappa shape index (κ1) is 26.5. The average Bonchev–Trinajstić information content (AvgIpc) is 3.32. The first-order valence-corrected chi connectivity index (χ1v) is 12.6. The Labute approximate surface area is 227 Å². The molecule has 11 heteroatoms. The van der Waals surface area contributed by atoms with Crippen LogP contribution in [0.2, 0.25) is 5.02 Å². The maximum atomic E-state index is 14.4. The van der Waals surface area contributed by atoms with E-state index in [0.717, 1.165) is 12.8 Å². The highest BCUT2D eigenvalue weighted by Crippen LogP contribution is 2.36. The van der Waals surface area contributed by atoms with Crippen molar-refractivity contribution in [2.24, 2.45) is 11.8 Å². The Kier molecular flexibility index (Phi) is 7.40. The third-order valence-corrected chi connectivity index (χ3v) is 7.07. The number of benzene rings is 2. The van der Waals surface area contributed by atoms with E-state index in [1.807, 2.05) is 6.07 Å². The Hall–Kier alpha value is -4.15. The highest BCUT2D eigenvalue weighted by Gasteiger charge is 2.31. The number of amides is 1. The van der Waals surface area contributed by atoms with Gasteiger partial charge in [0, 0.05) is 30.7 Å². The van der Waals surface area contributed by atoms with E-state index in [1.165, 1.54) is 28.9 Å². The number of nitrogens with two attached hydrogens (primary N) is 1. The Morgan fingerprint density at radius 1 is 1.05 bits per heavy atom. The number of carbonyl (C=O) groups excluding carboxylic acids is 2. The molecule has 1 fully saturated rings. The van der Waals surface area contributed by atoms with E-state index in [9.17, 15) is 23.5 Å². The van der Waals surface area contributed by atoms with E-state index in [2.05, 4.69) is 15.4 Å². The Morgan fingerprint density at radius 2 is 1.79 bits per heavy atom. The summed E-state index contributed by atoms with van der Waals surface area (Å²) in [5.41, 5.74) is 6.24. The lowest BCUT2D eigenvalue weighted by Gasteiger charge is -2.33. The summed E-state index contributed by atoms with van der Waals surface area (Å²) >= 11 is 6.30. The van der Waals surface area contributed by atoms with Crippen molar-refractivity contribution < 1.29 is 23.5 Å². The predicted octanol–water partition coefficient (Wildman–Crippen LogP) is 5.29. The molecular weight excluding hydrogens is 528 g/mol. The standard InChI is InChI=1S/C28H24ClF2N5O3/c29-20-7-6-17(26-21(30)12-22(31)27(32)34-26)11-19(20)28(39)33-25-13-23(24(38)10-15-8-16(9-15)14-37)35-36(25)18-4-2-1-3-5-18/h1-7,11-13,15-16,37H,8-10,14H2,(H2,32,34)(H,33,39). The topological polar surface area (TPSA) is 123 Å². The van der Waals surface area contributed by atoms with Crippen LogP contribution < -0.4 is 11.1 Å². The first-order valence-electron chi connectivity index (χ1n) is 12.3. The molecule has 2 aromatic carbocycles. The van der Waals surface area contributed by atoms with Gasteiger partial charge in [0.1, 0.15) is 17.2 Å². The molecule has 1 aliphatic rings. The van der Waals surface area contributed by atoms with Gasteiger partial charge < -0.3 is 16.2 Å². The van der Waals surface area contributed by atoms with Gasteiger partial charge in [-0.3, -0.25) is 9.59 Å². The SMILES string of the molecule is Nc1nc(-c2ccc(Cl)c(C(=O)Nc3cc(C(=O)CC4CC(CO)C4)nn3-c3ccccc3)c2)c(F)cc1F. The molecular formula is C28H24ClF2N5O3. The molecule has 39 heavy (non-hydrogen) atoms. The number of halogens is 3. The first-order chi connectivity index (χ1) is 18.7. The van der Waals surface area contributed by atoms with Gasteiger partial charge in [0.25, 0.3) is 5.91 Å². The fourth-order valence-corrected chi connectivity index (χ4v) is 4.85. The normalized spacial score (nSPS) is 16.5. The van der Waals surface area contributed by atoms with Crippen LogP contribution >= 0.6 is 11.6 Å². The number of aliphatic hydroxyl groups is 1. The number of anilines is 2. The zero-order valence-electron chi connectivity index (χ0n) is 20.6. The highest BCUT2D eigenvalue weighted by atomic mass is 35.5. The van der Waals surface area contributed by atoms with E-state index >= 15 is 0 Å². The van der Waals surface area contributed by atoms with Crippen molar-refractivity contribution in [1.82, 2.24) is 14.8 Å². The Morgan fingerprint density at radius 3 is 2.51 bits per heavy atom. The molecule has 5 rings (SSSR count). The maximum Gasteiger partial charge on any atom is 0.258 e. The van der Waals surface area contributed by atoms with E-state index < -0.39 is 23.4 Å². The number of para-hydroxylation sites is 1. The number of aromatic nitrogens is 3. The van der Waals surface area contributed by atoms with Gasteiger partial charge in [-0.1, -0.05) is 35.9 Å². The number of Topliss-reactive ketones (excluding diaryl/α,β-unsaturated/α-hetero) is 1. The van der Waals surface area contributed by atoms with E-state index in [-0.39, 0.29) is 57.6 Å². The minimum absolute atomic E-state index is 0.00327.